The maximum atomic E-state index is 9.45. The monoisotopic (exact) mass is 295 g/mol. The van der Waals surface area contributed by atoms with Gasteiger partial charge in [-0.15, -0.1) is 0 Å². The van der Waals surface area contributed by atoms with E-state index in [2.05, 4.69) is 0 Å². The lowest BCUT2D eigenvalue weighted by atomic mass is 9.93. The van der Waals surface area contributed by atoms with Gasteiger partial charge in [-0.1, -0.05) is 54.1 Å². The van der Waals surface area contributed by atoms with E-state index in [-0.39, 0.29) is 5.75 Å². The Morgan fingerprint density at radius 3 is 2.14 bits per heavy atom. The Morgan fingerprint density at radius 2 is 1.48 bits per heavy atom. The van der Waals surface area contributed by atoms with Gasteiger partial charge in [0.25, 0.3) is 0 Å². The van der Waals surface area contributed by atoms with Crippen molar-refractivity contribution in [2.24, 2.45) is 0 Å². The van der Waals surface area contributed by atoms with Crippen molar-refractivity contribution in [1.29, 1.82) is 0 Å². The van der Waals surface area contributed by atoms with E-state index in [9.17, 15) is 5.11 Å². The van der Waals surface area contributed by atoms with Crippen molar-refractivity contribution in [3.63, 3.8) is 0 Å². The lowest BCUT2D eigenvalue weighted by Crippen LogP contribution is -1.94. The molecule has 0 amide bonds. The highest BCUT2D eigenvalue weighted by Gasteiger charge is 2.12. The Balaban J connectivity index is 2.26. The van der Waals surface area contributed by atoms with Crippen molar-refractivity contribution >= 4 is 17.3 Å². The maximum Gasteiger partial charge on any atom is 0.115 e. The second kappa shape index (κ2) is 5.51. The Kier molecular flexibility index (Phi) is 3.55. The van der Waals surface area contributed by atoms with Crippen LogP contribution in [0.25, 0.3) is 22.3 Å². The van der Waals surface area contributed by atoms with E-state index in [1.807, 2.05) is 48.5 Å². The average molecular weight is 296 g/mol. The molecule has 0 unspecified atom stereocenters. The normalized spacial score (nSPS) is 10.5. The van der Waals surface area contributed by atoms with Gasteiger partial charge in [0.15, 0.2) is 0 Å². The number of anilines is 1. The lowest BCUT2D eigenvalue weighted by Gasteiger charge is -2.14. The number of hydrogen-bond donors (Lipinski definition) is 2. The number of rotatable bonds is 2. The van der Waals surface area contributed by atoms with Crippen LogP contribution >= 0.6 is 11.6 Å². The molecule has 3 aromatic carbocycles. The van der Waals surface area contributed by atoms with Crippen LogP contribution in [0.5, 0.6) is 5.75 Å². The van der Waals surface area contributed by atoms with Crippen molar-refractivity contribution in [1.82, 2.24) is 0 Å². The highest BCUT2D eigenvalue weighted by Crippen LogP contribution is 2.39. The third-order valence-electron chi connectivity index (χ3n) is 3.37. The zero-order chi connectivity index (χ0) is 14.8. The molecule has 3 N–H and O–H groups in total. The van der Waals surface area contributed by atoms with Crippen molar-refractivity contribution < 1.29 is 5.11 Å². The second-order valence-electron chi connectivity index (χ2n) is 4.83. The van der Waals surface area contributed by atoms with Gasteiger partial charge in [-0.25, -0.2) is 0 Å². The highest BCUT2D eigenvalue weighted by atomic mass is 35.5. The molecular weight excluding hydrogens is 282 g/mol. The molecular formula is C18H14ClNO. The van der Waals surface area contributed by atoms with Gasteiger partial charge in [-0.2, -0.15) is 0 Å². The second-order valence-corrected chi connectivity index (χ2v) is 5.27. The summed E-state index contributed by atoms with van der Waals surface area (Å²) in [6.07, 6.45) is 0. The third kappa shape index (κ3) is 2.71. The molecule has 0 aromatic heterocycles. The first-order valence-corrected chi connectivity index (χ1v) is 6.97. The Hall–Kier alpha value is -2.45. The highest BCUT2D eigenvalue weighted by molar-refractivity contribution is 6.31. The first-order chi connectivity index (χ1) is 10.1. The van der Waals surface area contributed by atoms with Crippen LogP contribution in [0.3, 0.4) is 0 Å². The molecule has 104 valence electrons. The van der Waals surface area contributed by atoms with E-state index in [0.717, 1.165) is 22.3 Å². The van der Waals surface area contributed by atoms with Gasteiger partial charge in [0.1, 0.15) is 5.75 Å². The van der Waals surface area contributed by atoms with Gasteiger partial charge in [-0.3, -0.25) is 0 Å². The van der Waals surface area contributed by atoms with Crippen LogP contribution in [0, 0.1) is 0 Å². The SMILES string of the molecule is Nc1cc(Cl)cc(-c2ccc(O)cc2)c1-c1ccccc1. The number of phenolic OH excluding ortho intramolecular Hbond substituents is 1. The molecule has 0 heterocycles. The molecule has 21 heavy (non-hydrogen) atoms. The minimum absolute atomic E-state index is 0.231. The van der Waals surface area contributed by atoms with E-state index in [4.69, 9.17) is 17.3 Å². The molecule has 0 radical (unpaired) electrons. The number of aromatic hydroxyl groups is 1. The Bertz CT molecular complexity index is 767. The first-order valence-electron chi connectivity index (χ1n) is 6.59. The molecule has 0 aliphatic rings. The third-order valence-corrected chi connectivity index (χ3v) is 3.59. The van der Waals surface area contributed by atoms with Crippen LogP contribution < -0.4 is 5.73 Å². The smallest absolute Gasteiger partial charge is 0.115 e. The lowest BCUT2D eigenvalue weighted by molar-refractivity contribution is 0.475. The number of nitrogen functional groups attached to an aromatic ring is 1. The molecule has 3 rings (SSSR count). The summed E-state index contributed by atoms with van der Waals surface area (Å²) in [5.74, 6) is 0.231. The van der Waals surface area contributed by atoms with E-state index < -0.39 is 0 Å². The van der Waals surface area contributed by atoms with E-state index in [1.54, 1.807) is 18.2 Å². The number of halogens is 1. The summed E-state index contributed by atoms with van der Waals surface area (Å²) in [4.78, 5) is 0. The summed E-state index contributed by atoms with van der Waals surface area (Å²) in [5, 5.41) is 10.0. The van der Waals surface area contributed by atoms with E-state index >= 15 is 0 Å². The Labute approximate surface area is 128 Å². The van der Waals surface area contributed by atoms with Crippen LogP contribution in [0.2, 0.25) is 5.02 Å². The predicted octanol–water partition coefficient (Wildman–Crippen LogP) is 4.96. The van der Waals surface area contributed by atoms with Gasteiger partial charge >= 0.3 is 0 Å². The summed E-state index contributed by atoms with van der Waals surface area (Å²) in [7, 11) is 0. The molecule has 0 atom stereocenters. The van der Waals surface area contributed by atoms with E-state index in [0.29, 0.717) is 10.7 Å². The summed E-state index contributed by atoms with van der Waals surface area (Å²) >= 11 is 6.16. The minimum Gasteiger partial charge on any atom is -0.508 e. The molecule has 0 saturated heterocycles. The standard InChI is InChI=1S/C18H14ClNO/c19-14-10-16(12-6-8-15(21)9-7-12)18(17(20)11-14)13-4-2-1-3-5-13/h1-11,21H,20H2. The topological polar surface area (TPSA) is 46.2 Å². The molecule has 0 aliphatic carbocycles. The molecule has 0 aliphatic heterocycles. The quantitative estimate of drug-likeness (QED) is 0.656. The van der Waals surface area contributed by atoms with Gasteiger partial charge < -0.3 is 10.8 Å². The number of phenols is 1. The minimum atomic E-state index is 0.231. The van der Waals surface area contributed by atoms with E-state index in [1.165, 1.54) is 0 Å². The molecule has 2 nitrogen and oxygen atoms in total. The van der Waals surface area contributed by atoms with Crippen LogP contribution in [0.4, 0.5) is 5.69 Å². The number of hydrogen-bond acceptors (Lipinski definition) is 2. The van der Waals surface area contributed by atoms with Crippen LogP contribution in [-0.2, 0) is 0 Å². The average Bonchev–Trinajstić information content (AvgIpc) is 2.48. The van der Waals surface area contributed by atoms with Crippen molar-refractivity contribution in [3.8, 4) is 28.0 Å². The predicted molar refractivity (Wildman–Crippen MR) is 88.4 cm³/mol. The summed E-state index contributed by atoms with van der Waals surface area (Å²) in [6.45, 7) is 0. The van der Waals surface area contributed by atoms with Gasteiger partial charge in [-0.05, 0) is 41.0 Å². The molecule has 3 aromatic rings. The molecule has 3 heteroatoms. The largest absolute Gasteiger partial charge is 0.508 e. The van der Waals surface area contributed by atoms with Gasteiger partial charge in [0.05, 0.1) is 0 Å². The number of benzene rings is 3. The number of nitrogens with two attached hydrogens (primary N) is 1. The Morgan fingerprint density at radius 1 is 0.810 bits per heavy atom. The van der Waals surface area contributed by atoms with Crippen LogP contribution in [-0.4, -0.2) is 5.11 Å². The van der Waals surface area contributed by atoms with Gasteiger partial charge in [0, 0.05) is 16.3 Å². The maximum absolute atomic E-state index is 9.45. The molecule has 0 fully saturated rings. The first kappa shape index (κ1) is 13.5. The molecule has 0 bridgehead atoms. The summed E-state index contributed by atoms with van der Waals surface area (Å²) in [5.41, 5.74) is 10.7. The van der Waals surface area contributed by atoms with Crippen LogP contribution in [0.15, 0.2) is 66.7 Å². The summed E-state index contributed by atoms with van der Waals surface area (Å²) < 4.78 is 0. The fraction of sp³-hybridized carbons (Fsp3) is 0. The van der Waals surface area contributed by atoms with Crippen molar-refractivity contribution in [2.75, 3.05) is 5.73 Å². The van der Waals surface area contributed by atoms with Crippen LogP contribution in [0.1, 0.15) is 0 Å². The van der Waals surface area contributed by atoms with Crippen molar-refractivity contribution in [3.05, 3.63) is 71.8 Å². The summed E-state index contributed by atoms with van der Waals surface area (Å²) in [6, 6.07) is 20.6. The molecule has 0 saturated carbocycles. The van der Waals surface area contributed by atoms with Gasteiger partial charge in [0.2, 0.25) is 0 Å². The molecule has 0 spiro atoms. The fourth-order valence-electron chi connectivity index (χ4n) is 2.42. The van der Waals surface area contributed by atoms with Crippen molar-refractivity contribution in [2.45, 2.75) is 0 Å². The fourth-order valence-corrected chi connectivity index (χ4v) is 2.65. The zero-order valence-corrected chi connectivity index (χ0v) is 12.0. The zero-order valence-electron chi connectivity index (χ0n) is 11.3.